The lowest BCUT2D eigenvalue weighted by Gasteiger charge is -2.24. The summed E-state index contributed by atoms with van der Waals surface area (Å²) in [4.78, 5) is 17.9. The second-order valence-corrected chi connectivity index (χ2v) is 9.54. The summed E-state index contributed by atoms with van der Waals surface area (Å²) in [5.41, 5.74) is 2.91. The number of benzene rings is 1. The van der Waals surface area contributed by atoms with Gasteiger partial charge in [0.1, 0.15) is 5.69 Å². The minimum atomic E-state index is -0.311. The van der Waals surface area contributed by atoms with Gasteiger partial charge in [-0.15, -0.1) is 10.2 Å². The molecule has 0 aliphatic carbocycles. The first-order valence-corrected chi connectivity index (χ1v) is 12.2. The van der Waals surface area contributed by atoms with Gasteiger partial charge in [0.15, 0.2) is 5.82 Å². The van der Waals surface area contributed by atoms with Crippen molar-refractivity contribution >= 4 is 43.9 Å². The van der Waals surface area contributed by atoms with Crippen molar-refractivity contribution < 1.29 is 4.79 Å². The van der Waals surface area contributed by atoms with Gasteiger partial charge in [-0.2, -0.15) is 5.10 Å². The molecular formula is C24H37N8OP. The van der Waals surface area contributed by atoms with Crippen LogP contribution in [0.3, 0.4) is 0 Å². The molecule has 0 spiro atoms. The maximum atomic E-state index is 11.9. The Morgan fingerprint density at radius 3 is 2.44 bits per heavy atom. The lowest BCUT2D eigenvalue weighted by atomic mass is 9.91. The monoisotopic (exact) mass is 484 g/mol. The number of hydrogen-bond acceptors (Lipinski definition) is 6. The third-order valence-electron chi connectivity index (χ3n) is 5.09. The van der Waals surface area contributed by atoms with E-state index in [9.17, 15) is 4.79 Å². The number of aromatic nitrogens is 2. The minimum Gasteiger partial charge on any atom is -0.371 e. The fourth-order valence-electron chi connectivity index (χ4n) is 3.59. The molecule has 1 aromatic carbocycles. The molecule has 2 rings (SSSR count). The number of carbonyl (C=O) groups is 1. The molecule has 2 N–H and O–H groups in total. The molecular weight excluding hydrogens is 447 g/mol. The lowest BCUT2D eigenvalue weighted by molar-refractivity contribution is -0.114. The first kappa shape index (κ1) is 27.4. The van der Waals surface area contributed by atoms with E-state index in [0.717, 1.165) is 31.6 Å². The van der Waals surface area contributed by atoms with Crippen LogP contribution >= 0.6 is 9.39 Å². The molecule has 9 nitrogen and oxygen atoms in total. The molecule has 0 bridgehead atoms. The highest BCUT2D eigenvalue weighted by Crippen LogP contribution is 2.40. The van der Waals surface area contributed by atoms with Gasteiger partial charge in [-0.25, -0.2) is 4.85 Å². The van der Waals surface area contributed by atoms with E-state index in [2.05, 4.69) is 58.7 Å². The van der Waals surface area contributed by atoms with Gasteiger partial charge in [0.25, 0.3) is 5.69 Å². The van der Waals surface area contributed by atoms with Crippen LogP contribution in [0.1, 0.15) is 60.1 Å². The quantitative estimate of drug-likeness (QED) is 0.229. The standard InChI is InChI=1S/C24H37N8OP/c1-8-13-31(14-9-2)18-10-11-19(20(16-18)27-17(3)33)28-29-23-21(25-7)22(24(4,5)6)30-32(23)15-12-26-34/h10-11,16,26H,8-9,12-15,34H2,1-6H3,(H,27,33)/b29-28+. The van der Waals surface area contributed by atoms with E-state index >= 15 is 0 Å². The van der Waals surface area contributed by atoms with Gasteiger partial charge < -0.3 is 10.2 Å². The second-order valence-electron chi connectivity index (χ2n) is 9.13. The molecule has 184 valence electrons. The molecule has 1 heterocycles. The van der Waals surface area contributed by atoms with Crippen molar-refractivity contribution in [2.45, 2.75) is 66.3 Å². The van der Waals surface area contributed by atoms with Gasteiger partial charge in [0, 0.05) is 32.2 Å². The third kappa shape index (κ3) is 7.09. The van der Waals surface area contributed by atoms with E-state index in [1.807, 2.05) is 39.0 Å². The van der Waals surface area contributed by atoms with Gasteiger partial charge in [0.2, 0.25) is 5.91 Å². The van der Waals surface area contributed by atoms with Gasteiger partial charge >= 0.3 is 0 Å². The Morgan fingerprint density at radius 1 is 1.24 bits per heavy atom. The molecule has 10 heteroatoms. The fourth-order valence-corrected chi connectivity index (χ4v) is 3.71. The molecule has 0 radical (unpaired) electrons. The molecule has 1 aromatic heterocycles. The highest BCUT2D eigenvalue weighted by Gasteiger charge is 2.27. The summed E-state index contributed by atoms with van der Waals surface area (Å²) in [5.74, 6) is 0.233. The molecule has 0 aliphatic rings. The SMILES string of the molecule is [C-]#[N+]c1c(C(C)(C)C)nn(CCNP)c1/N=N/c1ccc(N(CCC)CCC)cc1NC(C)=O. The van der Waals surface area contributed by atoms with Crippen molar-refractivity contribution in [3.05, 3.63) is 35.3 Å². The number of nitrogens with one attached hydrogen (secondary N) is 2. The molecule has 34 heavy (non-hydrogen) atoms. The molecule has 0 saturated heterocycles. The smallest absolute Gasteiger partial charge is 0.255 e. The minimum absolute atomic E-state index is 0.181. The molecule has 1 atom stereocenters. The van der Waals surface area contributed by atoms with Crippen LogP contribution in [-0.2, 0) is 16.8 Å². The van der Waals surface area contributed by atoms with Crippen molar-refractivity contribution in [3.8, 4) is 0 Å². The van der Waals surface area contributed by atoms with E-state index in [-0.39, 0.29) is 11.3 Å². The van der Waals surface area contributed by atoms with Crippen molar-refractivity contribution in [3.63, 3.8) is 0 Å². The predicted molar refractivity (Wildman–Crippen MR) is 143 cm³/mol. The highest BCUT2D eigenvalue weighted by atomic mass is 31.0. The topological polar surface area (TPSA) is 91.3 Å². The summed E-state index contributed by atoms with van der Waals surface area (Å²) in [6.07, 6.45) is 2.06. The number of carbonyl (C=O) groups excluding carboxylic acids is 1. The maximum absolute atomic E-state index is 11.9. The van der Waals surface area contributed by atoms with Gasteiger partial charge in [-0.3, -0.25) is 14.6 Å². The van der Waals surface area contributed by atoms with E-state index in [0.29, 0.717) is 41.7 Å². The molecule has 2 aromatic rings. The van der Waals surface area contributed by atoms with Gasteiger partial charge in [-0.05, 0) is 36.5 Å². The highest BCUT2D eigenvalue weighted by molar-refractivity contribution is 7.13. The van der Waals surface area contributed by atoms with Crippen molar-refractivity contribution in [2.24, 2.45) is 10.2 Å². The average Bonchev–Trinajstić information content (AvgIpc) is 3.14. The number of anilines is 2. The van der Waals surface area contributed by atoms with Crippen molar-refractivity contribution in [2.75, 3.05) is 29.9 Å². The Bertz CT molecular complexity index is 1040. The fraction of sp³-hybridized carbons (Fsp3) is 0.542. The summed E-state index contributed by atoms with van der Waals surface area (Å²) >= 11 is 0. The van der Waals surface area contributed by atoms with Crippen LogP contribution in [0.2, 0.25) is 0 Å². The Morgan fingerprint density at radius 2 is 1.91 bits per heavy atom. The summed E-state index contributed by atoms with van der Waals surface area (Å²) in [7, 11) is 2.47. The zero-order valence-corrected chi connectivity index (χ0v) is 22.3. The molecule has 0 aliphatic heterocycles. The average molecular weight is 485 g/mol. The zero-order valence-electron chi connectivity index (χ0n) is 21.1. The molecule has 0 saturated carbocycles. The largest absolute Gasteiger partial charge is 0.371 e. The summed E-state index contributed by atoms with van der Waals surface area (Å²) in [6.45, 7) is 22.6. The van der Waals surface area contributed by atoms with E-state index in [1.165, 1.54) is 6.92 Å². The Kier molecular flexibility index (Phi) is 10.2. The van der Waals surface area contributed by atoms with E-state index in [4.69, 9.17) is 6.57 Å². The van der Waals surface area contributed by atoms with Gasteiger partial charge in [-0.1, -0.05) is 44.0 Å². The second kappa shape index (κ2) is 12.6. The molecule has 0 fully saturated rings. The summed E-state index contributed by atoms with van der Waals surface area (Å²) < 4.78 is 1.71. The van der Waals surface area contributed by atoms with Crippen LogP contribution in [-0.4, -0.2) is 35.3 Å². The van der Waals surface area contributed by atoms with Crippen LogP contribution in [0.5, 0.6) is 0 Å². The van der Waals surface area contributed by atoms with Crippen LogP contribution in [0.15, 0.2) is 28.4 Å². The number of rotatable bonds is 11. The predicted octanol–water partition coefficient (Wildman–Crippen LogP) is 6.11. The number of nitrogens with zero attached hydrogens (tertiary/aromatic N) is 6. The number of amides is 1. The van der Waals surface area contributed by atoms with Crippen LogP contribution in [0.4, 0.5) is 28.6 Å². The Labute approximate surface area is 205 Å². The van der Waals surface area contributed by atoms with E-state index < -0.39 is 0 Å². The normalized spacial score (nSPS) is 11.6. The molecule has 1 amide bonds. The molecule has 1 unspecified atom stereocenters. The summed E-state index contributed by atoms with van der Waals surface area (Å²) in [5, 5.41) is 19.5. The van der Waals surface area contributed by atoms with E-state index in [1.54, 1.807) is 4.68 Å². The van der Waals surface area contributed by atoms with Crippen molar-refractivity contribution in [1.29, 1.82) is 0 Å². The van der Waals surface area contributed by atoms with Crippen molar-refractivity contribution in [1.82, 2.24) is 14.9 Å². The number of azo groups is 1. The Hall–Kier alpha value is -2.82. The van der Waals surface area contributed by atoms with Crippen LogP contribution < -0.4 is 15.3 Å². The van der Waals surface area contributed by atoms with Crippen LogP contribution in [0.25, 0.3) is 4.85 Å². The first-order valence-electron chi connectivity index (χ1n) is 11.7. The third-order valence-corrected chi connectivity index (χ3v) is 5.38. The first-order chi connectivity index (χ1) is 16.2. The lowest BCUT2D eigenvalue weighted by Crippen LogP contribution is -2.24. The van der Waals surface area contributed by atoms with Gasteiger partial charge in [0.05, 0.1) is 24.5 Å². The summed E-state index contributed by atoms with van der Waals surface area (Å²) in [6, 6.07) is 5.79. The maximum Gasteiger partial charge on any atom is 0.255 e. The number of hydrogen-bond donors (Lipinski definition) is 2. The van der Waals surface area contributed by atoms with Crippen LogP contribution in [0, 0.1) is 6.57 Å². The zero-order chi connectivity index (χ0) is 25.3. The Balaban J connectivity index is 2.55.